The highest BCUT2D eigenvalue weighted by atomic mass is 79.9. The van der Waals surface area contributed by atoms with Crippen molar-refractivity contribution >= 4 is 15.9 Å². The molecule has 0 aromatic carbocycles. The van der Waals surface area contributed by atoms with Crippen LogP contribution in [-0.4, -0.2) is 17.8 Å². The molecular formula is C8H6BrF4NO. The molecule has 0 saturated heterocycles. The Morgan fingerprint density at radius 3 is 2.60 bits per heavy atom. The van der Waals surface area contributed by atoms with Crippen molar-refractivity contribution in [3.05, 3.63) is 22.6 Å². The third kappa shape index (κ3) is 4.46. The summed E-state index contributed by atoms with van der Waals surface area (Å²) in [6.45, 7) is -0.644. The van der Waals surface area contributed by atoms with E-state index in [1.807, 2.05) is 0 Å². The molecule has 0 aliphatic heterocycles. The van der Waals surface area contributed by atoms with E-state index in [9.17, 15) is 17.6 Å². The van der Waals surface area contributed by atoms with Gasteiger partial charge >= 0.3 is 6.18 Å². The minimum Gasteiger partial charge on any atom is -0.475 e. The van der Waals surface area contributed by atoms with Crippen LogP contribution in [0.25, 0.3) is 0 Å². The Hall–Kier alpha value is -0.850. The third-order valence-corrected chi connectivity index (χ3v) is 1.83. The smallest absolute Gasteiger partial charge is 0.392 e. The van der Waals surface area contributed by atoms with Crippen LogP contribution in [0, 0.1) is 5.82 Å². The fraction of sp³-hybridized carbons (Fsp3) is 0.375. The molecule has 15 heavy (non-hydrogen) atoms. The van der Waals surface area contributed by atoms with Crippen LogP contribution in [0.5, 0.6) is 5.88 Å². The van der Waals surface area contributed by atoms with Crippen LogP contribution in [0.4, 0.5) is 17.6 Å². The van der Waals surface area contributed by atoms with Gasteiger partial charge in [0, 0.05) is 10.7 Å². The number of nitrogens with zero attached hydrogens (tertiary/aromatic N) is 1. The van der Waals surface area contributed by atoms with Gasteiger partial charge in [-0.3, -0.25) is 0 Å². The maximum Gasteiger partial charge on any atom is 0.392 e. The molecule has 7 heteroatoms. The van der Waals surface area contributed by atoms with E-state index in [4.69, 9.17) is 0 Å². The van der Waals surface area contributed by atoms with Gasteiger partial charge in [0.05, 0.1) is 13.0 Å². The van der Waals surface area contributed by atoms with Gasteiger partial charge < -0.3 is 4.74 Å². The molecule has 0 saturated carbocycles. The zero-order valence-corrected chi connectivity index (χ0v) is 8.90. The van der Waals surface area contributed by atoms with Crippen LogP contribution in [-0.2, 0) is 0 Å². The Labute approximate surface area is 91.4 Å². The van der Waals surface area contributed by atoms with Gasteiger partial charge in [-0.1, -0.05) is 0 Å². The summed E-state index contributed by atoms with van der Waals surface area (Å²) in [7, 11) is 0. The Bertz CT molecular complexity index is 342. The zero-order valence-electron chi connectivity index (χ0n) is 7.31. The summed E-state index contributed by atoms with van der Waals surface area (Å²) in [5.41, 5.74) is 0. The van der Waals surface area contributed by atoms with Gasteiger partial charge in [0.25, 0.3) is 0 Å². The number of ether oxygens (including phenoxy) is 1. The quantitative estimate of drug-likeness (QED) is 0.796. The molecule has 0 amide bonds. The van der Waals surface area contributed by atoms with Crippen LogP contribution >= 0.6 is 15.9 Å². The van der Waals surface area contributed by atoms with Crippen molar-refractivity contribution in [2.24, 2.45) is 0 Å². The number of halogens is 5. The number of alkyl halides is 3. The Morgan fingerprint density at radius 2 is 2.07 bits per heavy atom. The lowest BCUT2D eigenvalue weighted by molar-refractivity contribution is -0.139. The fourth-order valence-electron chi connectivity index (χ4n) is 0.772. The average Bonchev–Trinajstić information content (AvgIpc) is 2.07. The predicted octanol–water partition coefficient (Wildman–Crippen LogP) is 3.31. The van der Waals surface area contributed by atoms with Crippen molar-refractivity contribution in [2.45, 2.75) is 12.6 Å². The largest absolute Gasteiger partial charge is 0.475 e. The topological polar surface area (TPSA) is 22.1 Å². The summed E-state index contributed by atoms with van der Waals surface area (Å²) in [5.74, 6) is -1.23. The first-order chi connectivity index (χ1) is 6.88. The number of hydrogen-bond donors (Lipinski definition) is 0. The van der Waals surface area contributed by atoms with Crippen molar-refractivity contribution in [2.75, 3.05) is 6.61 Å². The van der Waals surface area contributed by atoms with Gasteiger partial charge in [-0.2, -0.15) is 13.2 Å². The lowest BCUT2D eigenvalue weighted by atomic mass is 10.4. The molecule has 0 aliphatic rings. The van der Waals surface area contributed by atoms with Crippen LogP contribution in [0.3, 0.4) is 0 Å². The first kappa shape index (κ1) is 12.2. The Morgan fingerprint density at radius 1 is 1.40 bits per heavy atom. The lowest BCUT2D eigenvalue weighted by Gasteiger charge is -2.08. The highest BCUT2D eigenvalue weighted by molar-refractivity contribution is 9.10. The van der Waals surface area contributed by atoms with E-state index in [1.165, 1.54) is 6.20 Å². The fourth-order valence-corrected chi connectivity index (χ4v) is 1.08. The Balaban J connectivity index is 2.51. The molecule has 0 unspecified atom stereocenters. The number of pyridine rings is 1. The summed E-state index contributed by atoms with van der Waals surface area (Å²) in [6.07, 6.45) is -4.21. The number of rotatable bonds is 3. The van der Waals surface area contributed by atoms with Crippen LogP contribution in [0.2, 0.25) is 0 Å². The first-order valence-electron chi connectivity index (χ1n) is 3.89. The van der Waals surface area contributed by atoms with Gasteiger partial charge in [0.1, 0.15) is 0 Å². The molecule has 0 fully saturated rings. The zero-order chi connectivity index (χ0) is 11.5. The van der Waals surface area contributed by atoms with E-state index in [2.05, 4.69) is 25.7 Å². The van der Waals surface area contributed by atoms with E-state index in [0.717, 1.165) is 6.07 Å². The molecule has 0 spiro atoms. The first-order valence-corrected chi connectivity index (χ1v) is 4.68. The van der Waals surface area contributed by atoms with Gasteiger partial charge in [-0.15, -0.1) is 0 Å². The van der Waals surface area contributed by atoms with E-state index in [1.54, 1.807) is 0 Å². The summed E-state index contributed by atoms with van der Waals surface area (Å²) in [4.78, 5) is 3.49. The van der Waals surface area contributed by atoms with E-state index >= 15 is 0 Å². The van der Waals surface area contributed by atoms with Crippen molar-refractivity contribution < 1.29 is 22.3 Å². The highest BCUT2D eigenvalue weighted by Gasteiger charge is 2.27. The molecule has 0 radical (unpaired) electrons. The van der Waals surface area contributed by atoms with Gasteiger partial charge in [0.15, 0.2) is 5.82 Å². The maximum absolute atomic E-state index is 13.0. The molecule has 0 aliphatic carbocycles. The highest BCUT2D eigenvalue weighted by Crippen LogP contribution is 2.21. The monoisotopic (exact) mass is 287 g/mol. The van der Waals surface area contributed by atoms with E-state index < -0.39 is 30.9 Å². The second-order valence-electron chi connectivity index (χ2n) is 2.65. The van der Waals surface area contributed by atoms with Crippen molar-refractivity contribution in [3.8, 4) is 5.88 Å². The van der Waals surface area contributed by atoms with Gasteiger partial charge in [-0.05, 0) is 22.0 Å². The second-order valence-corrected chi connectivity index (χ2v) is 3.57. The third-order valence-electron chi connectivity index (χ3n) is 1.40. The SMILES string of the molecule is Fc1cc(Br)cnc1OCCC(F)(F)F. The maximum atomic E-state index is 13.0. The van der Waals surface area contributed by atoms with E-state index in [-0.39, 0.29) is 0 Å². The molecule has 84 valence electrons. The Kier molecular flexibility index (Phi) is 3.90. The number of hydrogen-bond acceptors (Lipinski definition) is 2. The summed E-state index contributed by atoms with van der Waals surface area (Å²) < 4.78 is 53.1. The molecule has 1 rings (SSSR count). The predicted molar refractivity (Wildman–Crippen MR) is 48.1 cm³/mol. The molecule has 0 N–H and O–H groups in total. The van der Waals surface area contributed by atoms with Crippen molar-refractivity contribution in [1.82, 2.24) is 4.98 Å². The van der Waals surface area contributed by atoms with Crippen molar-refractivity contribution in [1.29, 1.82) is 0 Å². The molecular weight excluding hydrogens is 282 g/mol. The molecule has 0 atom stereocenters. The normalized spacial score (nSPS) is 11.5. The minimum absolute atomic E-state index is 0.392. The van der Waals surface area contributed by atoms with E-state index in [0.29, 0.717) is 4.47 Å². The van der Waals surface area contributed by atoms with Crippen LogP contribution in [0.1, 0.15) is 6.42 Å². The van der Waals surface area contributed by atoms with Gasteiger partial charge in [0.2, 0.25) is 5.88 Å². The average molecular weight is 288 g/mol. The minimum atomic E-state index is -4.31. The van der Waals surface area contributed by atoms with Crippen LogP contribution < -0.4 is 4.74 Å². The van der Waals surface area contributed by atoms with Crippen LogP contribution in [0.15, 0.2) is 16.7 Å². The second kappa shape index (κ2) is 4.78. The molecule has 0 bridgehead atoms. The molecule has 1 heterocycles. The summed E-state index contributed by atoms with van der Waals surface area (Å²) in [5, 5.41) is 0. The molecule has 2 nitrogen and oxygen atoms in total. The summed E-state index contributed by atoms with van der Waals surface area (Å²) in [6, 6.07) is 1.07. The lowest BCUT2D eigenvalue weighted by Crippen LogP contribution is -2.13. The summed E-state index contributed by atoms with van der Waals surface area (Å²) >= 11 is 2.96. The van der Waals surface area contributed by atoms with Gasteiger partial charge in [-0.25, -0.2) is 9.37 Å². The molecule has 1 aromatic rings. The standard InChI is InChI=1S/C8H6BrF4NO/c9-5-3-6(10)7(14-4-5)15-2-1-8(11,12)13/h3-4H,1-2H2. The van der Waals surface area contributed by atoms with Crippen molar-refractivity contribution in [3.63, 3.8) is 0 Å². The number of aromatic nitrogens is 1. The molecule has 1 aromatic heterocycles.